The van der Waals surface area contributed by atoms with Gasteiger partial charge in [-0.1, -0.05) is 36.6 Å². The number of H-pyrrole nitrogens is 1. The number of fused-ring (bicyclic) bond motifs is 1. The fourth-order valence-electron chi connectivity index (χ4n) is 4.91. The van der Waals surface area contributed by atoms with Gasteiger partial charge in [-0.2, -0.15) is 0 Å². The van der Waals surface area contributed by atoms with Crippen molar-refractivity contribution in [2.24, 2.45) is 0 Å². The van der Waals surface area contributed by atoms with E-state index in [9.17, 15) is 14.4 Å². The van der Waals surface area contributed by atoms with Crippen molar-refractivity contribution in [1.82, 2.24) is 20.2 Å². The van der Waals surface area contributed by atoms with Crippen LogP contribution in [0.3, 0.4) is 0 Å². The minimum atomic E-state index is -0.196. The van der Waals surface area contributed by atoms with Crippen LogP contribution in [-0.2, 0) is 0 Å². The molecule has 0 saturated heterocycles. The highest BCUT2D eigenvalue weighted by Crippen LogP contribution is 2.25. The van der Waals surface area contributed by atoms with E-state index in [2.05, 4.69) is 15.6 Å². The van der Waals surface area contributed by atoms with Gasteiger partial charge < -0.3 is 15.6 Å². The number of nitrogens with zero attached hydrogens (tertiary/aromatic N) is 1. The zero-order valence-electron chi connectivity index (χ0n) is 19.9. The Morgan fingerprint density at radius 3 is 2.28 bits per heavy atom. The van der Waals surface area contributed by atoms with Crippen LogP contribution in [0.15, 0.2) is 71.8 Å². The molecule has 0 radical (unpaired) electrons. The van der Waals surface area contributed by atoms with Crippen molar-refractivity contribution in [3.63, 3.8) is 0 Å². The van der Waals surface area contributed by atoms with Crippen LogP contribution < -0.4 is 16.2 Å². The smallest absolute Gasteiger partial charge is 0.255 e. The molecule has 0 bridgehead atoms. The third kappa shape index (κ3) is 4.79. The number of amides is 2. The van der Waals surface area contributed by atoms with E-state index in [4.69, 9.17) is 11.6 Å². The van der Waals surface area contributed by atoms with Gasteiger partial charge in [-0.05, 0) is 61.7 Å². The van der Waals surface area contributed by atoms with E-state index in [1.54, 1.807) is 59.4 Å². The Bertz CT molecular complexity index is 1510. The first-order valence-electron chi connectivity index (χ1n) is 12.1. The summed E-state index contributed by atoms with van der Waals surface area (Å²) >= 11 is 6.15. The predicted molar refractivity (Wildman–Crippen MR) is 141 cm³/mol. The van der Waals surface area contributed by atoms with Crippen molar-refractivity contribution >= 4 is 34.3 Å². The third-order valence-electron chi connectivity index (χ3n) is 6.83. The lowest BCUT2D eigenvalue weighted by Crippen LogP contribution is -2.53. The average molecular weight is 503 g/mol. The number of rotatable bonds is 5. The number of halogens is 1. The van der Waals surface area contributed by atoms with Crippen LogP contribution in [0.4, 0.5) is 0 Å². The normalized spacial score (nSPS) is 17.6. The summed E-state index contributed by atoms with van der Waals surface area (Å²) in [5.41, 5.74) is 3.29. The van der Waals surface area contributed by atoms with Crippen molar-refractivity contribution in [3.05, 3.63) is 99.1 Å². The number of carbonyl (C=O) groups excluding carboxylic acids is 2. The minimum Gasteiger partial charge on any atom is -0.360 e. The van der Waals surface area contributed by atoms with Crippen LogP contribution in [0.1, 0.15) is 52.0 Å². The number of nitrogens with one attached hydrogen (secondary N) is 3. The molecule has 4 aromatic rings. The maximum absolute atomic E-state index is 13.1. The monoisotopic (exact) mass is 502 g/mol. The molecule has 1 aliphatic rings. The van der Waals surface area contributed by atoms with Crippen molar-refractivity contribution in [3.8, 4) is 5.69 Å². The number of pyridine rings is 1. The highest BCUT2D eigenvalue weighted by atomic mass is 35.5. The Labute approximate surface area is 213 Å². The molecule has 7 nitrogen and oxygen atoms in total. The van der Waals surface area contributed by atoms with Gasteiger partial charge in [-0.3, -0.25) is 19.0 Å². The van der Waals surface area contributed by atoms with Crippen LogP contribution in [0, 0.1) is 6.92 Å². The lowest BCUT2D eigenvalue weighted by atomic mass is 9.89. The zero-order chi connectivity index (χ0) is 25.2. The molecule has 1 fully saturated rings. The van der Waals surface area contributed by atoms with E-state index in [-0.39, 0.29) is 29.5 Å². The topological polar surface area (TPSA) is 96.0 Å². The molecule has 1 aliphatic carbocycles. The van der Waals surface area contributed by atoms with Gasteiger partial charge in [0.15, 0.2) is 0 Å². The number of carbonyl (C=O) groups is 2. The lowest BCUT2D eigenvalue weighted by Gasteiger charge is -2.33. The lowest BCUT2D eigenvalue weighted by molar-refractivity contribution is 0.0863. The van der Waals surface area contributed by atoms with E-state index in [1.165, 1.54) is 6.07 Å². The number of aromatic nitrogens is 2. The Morgan fingerprint density at radius 1 is 0.944 bits per heavy atom. The Morgan fingerprint density at radius 2 is 1.61 bits per heavy atom. The summed E-state index contributed by atoms with van der Waals surface area (Å²) in [7, 11) is 0. The molecule has 3 N–H and O–H groups in total. The zero-order valence-corrected chi connectivity index (χ0v) is 20.6. The Kier molecular flexibility index (Phi) is 6.65. The number of hydrogen-bond acceptors (Lipinski definition) is 3. The fraction of sp³-hybridized carbons (Fsp3) is 0.250. The maximum Gasteiger partial charge on any atom is 0.255 e. The number of aromatic amines is 1. The highest BCUT2D eigenvalue weighted by Gasteiger charge is 2.28. The fourth-order valence-corrected chi connectivity index (χ4v) is 5.12. The average Bonchev–Trinajstić information content (AvgIpc) is 3.25. The van der Waals surface area contributed by atoms with Gasteiger partial charge in [0.1, 0.15) is 0 Å². The molecule has 0 unspecified atom stereocenters. The molecule has 5 rings (SSSR count). The second-order valence-electron chi connectivity index (χ2n) is 9.25. The van der Waals surface area contributed by atoms with E-state index in [1.807, 2.05) is 13.0 Å². The molecule has 36 heavy (non-hydrogen) atoms. The molecule has 2 aromatic carbocycles. The van der Waals surface area contributed by atoms with Crippen LogP contribution >= 0.6 is 11.6 Å². The van der Waals surface area contributed by atoms with Crippen molar-refractivity contribution < 1.29 is 9.59 Å². The SMILES string of the molecule is Cc1cc(C(=O)N[C@H]2CCCC[C@H]2NC(=O)c2ccc3c(Cl)c[nH]c3c2)ccc1-n1ccccc1=O. The highest BCUT2D eigenvalue weighted by molar-refractivity contribution is 6.35. The third-order valence-corrected chi connectivity index (χ3v) is 7.15. The first-order chi connectivity index (χ1) is 17.4. The molecule has 2 aromatic heterocycles. The molecule has 0 aliphatic heterocycles. The van der Waals surface area contributed by atoms with Gasteiger partial charge in [-0.25, -0.2) is 0 Å². The first-order valence-corrected chi connectivity index (χ1v) is 12.5. The van der Waals surface area contributed by atoms with Gasteiger partial charge in [-0.15, -0.1) is 0 Å². The maximum atomic E-state index is 13.1. The van der Waals surface area contributed by atoms with E-state index >= 15 is 0 Å². The van der Waals surface area contributed by atoms with E-state index in [0.717, 1.165) is 47.8 Å². The molecular weight excluding hydrogens is 476 g/mol. The summed E-state index contributed by atoms with van der Waals surface area (Å²) in [6.45, 7) is 1.88. The quantitative estimate of drug-likeness (QED) is 0.367. The van der Waals surface area contributed by atoms with E-state index in [0.29, 0.717) is 16.1 Å². The molecule has 8 heteroatoms. The van der Waals surface area contributed by atoms with E-state index < -0.39 is 0 Å². The van der Waals surface area contributed by atoms with Crippen LogP contribution in [0.2, 0.25) is 5.02 Å². The largest absolute Gasteiger partial charge is 0.360 e. The number of aryl methyl sites for hydroxylation is 1. The van der Waals surface area contributed by atoms with Crippen LogP contribution in [0.25, 0.3) is 16.6 Å². The van der Waals surface area contributed by atoms with Crippen molar-refractivity contribution in [2.45, 2.75) is 44.7 Å². The molecule has 2 amide bonds. The summed E-state index contributed by atoms with van der Waals surface area (Å²) in [5.74, 6) is -0.374. The summed E-state index contributed by atoms with van der Waals surface area (Å²) < 4.78 is 1.56. The van der Waals surface area contributed by atoms with Gasteiger partial charge in [0, 0.05) is 52.6 Å². The summed E-state index contributed by atoms with van der Waals surface area (Å²) in [5, 5.41) is 7.74. The molecule has 2 atom stereocenters. The second kappa shape index (κ2) is 10.0. The summed E-state index contributed by atoms with van der Waals surface area (Å²) in [6, 6.07) is 15.3. The van der Waals surface area contributed by atoms with Gasteiger partial charge >= 0.3 is 0 Å². The first kappa shape index (κ1) is 23.9. The van der Waals surface area contributed by atoms with Gasteiger partial charge in [0.2, 0.25) is 0 Å². The Hall–Kier alpha value is -3.84. The molecular formula is C28H27ClN4O3. The summed E-state index contributed by atoms with van der Waals surface area (Å²) in [6.07, 6.45) is 6.97. The number of benzene rings is 2. The second-order valence-corrected chi connectivity index (χ2v) is 9.66. The number of hydrogen-bond donors (Lipinski definition) is 3. The van der Waals surface area contributed by atoms with Gasteiger partial charge in [0.05, 0.1) is 10.7 Å². The Balaban J connectivity index is 1.29. The predicted octanol–water partition coefficient (Wildman–Crippen LogP) is 4.75. The molecule has 1 saturated carbocycles. The molecule has 2 heterocycles. The van der Waals surface area contributed by atoms with Gasteiger partial charge in [0.25, 0.3) is 17.4 Å². The molecule has 184 valence electrons. The molecule has 0 spiro atoms. The van der Waals surface area contributed by atoms with Crippen molar-refractivity contribution in [1.29, 1.82) is 0 Å². The standard InChI is InChI=1S/C28H27ClN4O3/c1-17-14-18(10-12-25(17)33-13-5-4-8-26(33)34)27(35)31-22-6-2-3-7-23(22)32-28(36)19-9-11-20-21(29)16-30-24(20)15-19/h4-5,8-16,22-23,30H,2-3,6-7H2,1H3,(H,31,35)(H,32,36)/t22-,23+/m0/s1. The van der Waals surface area contributed by atoms with Crippen molar-refractivity contribution in [2.75, 3.05) is 0 Å². The minimum absolute atomic E-state index is 0.128. The van der Waals surface area contributed by atoms with Crippen LogP contribution in [0.5, 0.6) is 0 Å². The van der Waals surface area contributed by atoms with Crippen LogP contribution in [-0.4, -0.2) is 33.4 Å². The summed E-state index contributed by atoms with van der Waals surface area (Å²) in [4.78, 5) is 41.4.